The van der Waals surface area contributed by atoms with Crippen LogP contribution in [0.25, 0.3) is 11.1 Å². The molecule has 0 atom stereocenters. The average molecular weight is 206 g/mol. The smallest absolute Gasteiger partial charge is 0.248 e. The Morgan fingerprint density at radius 2 is 1.86 bits per heavy atom. The van der Waals surface area contributed by atoms with E-state index in [1.807, 2.05) is 30.3 Å². The van der Waals surface area contributed by atoms with Crippen LogP contribution < -0.4 is 5.56 Å². The zero-order valence-corrected chi connectivity index (χ0v) is 8.08. The van der Waals surface area contributed by atoms with Crippen molar-refractivity contribution in [2.75, 3.05) is 0 Å². The lowest BCUT2D eigenvalue weighted by molar-refractivity contribution is 1.24. The van der Waals surface area contributed by atoms with Gasteiger partial charge in [0.2, 0.25) is 5.56 Å². The third-order valence-corrected chi connectivity index (χ3v) is 2.27. The van der Waals surface area contributed by atoms with Crippen molar-refractivity contribution in [3.63, 3.8) is 0 Å². The highest BCUT2D eigenvalue weighted by Crippen LogP contribution is 2.24. The molecule has 0 spiro atoms. The molecule has 0 unspecified atom stereocenters. The minimum Gasteiger partial charge on any atom is -0.328 e. The number of hydrogen-bond acceptors (Lipinski definition) is 1. The highest BCUT2D eigenvalue weighted by atomic mass is 35.5. The van der Waals surface area contributed by atoms with Crippen molar-refractivity contribution in [1.82, 2.24) is 4.98 Å². The molecule has 0 saturated carbocycles. The predicted molar refractivity (Wildman–Crippen MR) is 57.5 cm³/mol. The molecule has 0 amide bonds. The molecule has 0 bridgehead atoms. The summed E-state index contributed by atoms with van der Waals surface area (Å²) in [5, 5.41) is 0.552. The van der Waals surface area contributed by atoms with Crippen LogP contribution in [-0.4, -0.2) is 4.98 Å². The first-order valence-corrected chi connectivity index (χ1v) is 4.59. The third-order valence-electron chi connectivity index (χ3n) is 1.96. The van der Waals surface area contributed by atoms with Crippen LogP contribution in [0.1, 0.15) is 0 Å². The summed E-state index contributed by atoms with van der Waals surface area (Å²) in [7, 11) is 0. The van der Waals surface area contributed by atoms with E-state index in [4.69, 9.17) is 11.6 Å². The largest absolute Gasteiger partial charge is 0.328 e. The first-order chi connectivity index (χ1) is 6.77. The van der Waals surface area contributed by atoms with Crippen LogP contribution in [-0.2, 0) is 0 Å². The van der Waals surface area contributed by atoms with Gasteiger partial charge in [-0.05, 0) is 5.56 Å². The molecule has 0 aliphatic heterocycles. The second-order valence-corrected chi connectivity index (χ2v) is 3.33. The van der Waals surface area contributed by atoms with Gasteiger partial charge in [-0.3, -0.25) is 4.79 Å². The first kappa shape index (κ1) is 9.03. The monoisotopic (exact) mass is 205 g/mol. The molecular formula is C11H8ClNO. The second kappa shape index (κ2) is 3.68. The molecule has 1 aromatic heterocycles. The van der Waals surface area contributed by atoms with Crippen molar-refractivity contribution < 1.29 is 0 Å². The Morgan fingerprint density at radius 3 is 2.57 bits per heavy atom. The van der Waals surface area contributed by atoms with Crippen molar-refractivity contribution in [2.24, 2.45) is 0 Å². The van der Waals surface area contributed by atoms with E-state index >= 15 is 0 Å². The summed E-state index contributed by atoms with van der Waals surface area (Å²) in [6.45, 7) is 0. The van der Waals surface area contributed by atoms with E-state index in [1.165, 1.54) is 12.3 Å². The van der Waals surface area contributed by atoms with Gasteiger partial charge in [0.1, 0.15) is 0 Å². The molecule has 3 heteroatoms. The van der Waals surface area contributed by atoms with E-state index in [0.29, 0.717) is 5.02 Å². The number of benzene rings is 1. The van der Waals surface area contributed by atoms with E-state index in [2.05, 4.69) is 4.98 Å². The Labute approximate surface area is 86.2 Å². The van der Waals surface area contributed by atoms with Crippen LogP contribution in [0.2, 0.25) is 5.02 Å². The number of halogens is 1. The molecular weight excluding hydrogens is 198 g/mol. The third kappa shape index (κ3) is 1.70. The number of aromatic amines is 1. The van der Waals surface area contributed by atoms with E-state index < -0.39 is 0 Å². The topological polar surface area (TPSA) is 32.9 Å². The summed E-state index contributed by atoms with van der Waals surface area (Å²) >= 11 is 5.96. The van der Waals surface area contributed by atoms with E-state index in [-0.39, 0.29) is 5.56 Å². The number of H-pyrrole nitrogens is 1. The molecule has 0 aliphatic carbocycles. The number of hydrogen-bond donors (Lipinski definition) is 1. The van der Waals surface area contributed by atoms with Crippen molar-refractivity contribution in [1.29, 1.82) is 0 Å². The lowest BCUT2D eigenvalue weighted by atomic mass is 10.1. The summed E-state index contributed by atoms with van der Waals surface area (Å²) in [6.07, 6.45) is 1.51. The number of nitrogens with one attached hydrogen (secondary N) is 1. The molecule has 2 nitrogen and oxygen atoms in total. The molecule has 0 aliphatic rings. The van der Waals surface area contributed by atoms with Gasteiger partial charge in [0.05, 0.1) is 5.02 Å². The van der Waals surface area contributed by atoms with Gasteiger partial charge in [0.15, 0.2) is 0 Å². The molecule has 1 heterocycles. The molecule has 1 aromatic carbocycles. The predicted octanol–water partition coefficient (Wildman–Crippen LogP) is 2.70. The molecule has 2 aromatic rings. The van der Waals surface area contributed by atoms with E-state index in [0.717, 1.165) is 11.1 Å². The van der Waals surface area contributed by atoms with Crippen molar-refractivity contribution in [3.8, 4) is 11.1 Å². The van der Waals surface area contributed by atoms with Gasteiger partial charge >= 0.3 is 0 Å². The molecule has 0 fully saturated rings. The Kier molecular flexibility index (Phi) is 2.37. The van der Waals surface area contributed by atoms with Crippen LogP contribution >= 0.6 is 11.6 Å². The maximum Gasteiger partial charge on any atom is 0.248 e. The van der Waals surface area contributed by atoms with Gasteiger partial charge in [0, 0.05) is 17.8 Å². The zero-order chi connectivity index (χ0) is 9.97. The molecule has 2 rings (SSSR count). The Hall–Kier alpha value is -1.54. The Balaban J connectivity index is 2.62. The zero-order valence-electron chi connectivity index (χ0n) is 7.33. The lowest BCUT2D eigenvalue weighted by Crippen LogP contribution is -2.02. The van der Waals surface area contributed by atoms with Crippen LogP contribution in [0, 0.1) is 0 Å². The first-order valence-electron chi connectivity index (χ1n) is 4.21. The molecule has 0 radical (unpaired) electrons. The Bertz CT molecular complexity index is 490. The molecule has 1 N–H and O–H groups in total. The van der Waals surface area contributed by atoms with Gasteiger partial charge in [-0.1, -0.05) is 41.9 Å². The van der Waals surface area contributed by atoms with E-state index in [1.54, 1.807) is 0 Å². The van der Waals surface area contributed by atoms with Crippen molar-refractivity contribution >= 4 is 11.6 Å². The van der Waals surface area contributed by atoms with Crippen LogP contribution in [0.3, 0.4) is 0 Å². The quantitative estimate of drug-likeness (QED) is 0.763. The van der Waals surface area contributed by atoms with Crippen LogP contribution in [0.15, 0.2) is 47.4 Å². The van der Waals surface area contributed by atoms with Crippen LogP contribution in [0.4, 0.5) is 0 Å². The normalized spacial score (nSPS) is 10.1. The van der Waals surface area contributed by atoms with Crippen LogP contribution in [0.5, 0.6) is 0 Å². The fourth-order valence-corrected chi connectivity index (χ4v) is 1.51. The summed E-state index contributed by atoms with van der Waals surface area (Å²) in [5.74, 6) is 0. The van der Waals surface area contributed by atoms with Gasteiger partial charge in [-0.15, -0.1) is 0 Å². The molecule has 0 saturated heterocycles. The maximum absolute atomic E-state index is 11.1. The average Bonchev–Trinajstić information content (AvgIpc) is 2.23. The van der Waals surface area contributed by atoms with Gasteiger partial charge in [-0.2, -0.15) is 0 Å². The number of rotatable bonds is 1. The standard InChI is InChI=1S/C11H8ClNO/c12-10-7-13-11(14)6-9(10)8-4-2-1-3-5-8/h1-7H,(H,13,14). The summed E-state index contributed by atoms with van der Waals surface area (Å²) in [5.41, 5.74) is 1.56. The van der Waals surface area contributed by atoms with Gasteiger partial charge in [0.25, 0.3) is 0 Å². The van der Waals surface area contributed by atoms with Gasteiger partial charge in [-0.25, -0.2) is 0 Å². The summed E-state index contributed by atoms with van der Waals surface area (Å²) < 4.78 is 0. The van der Waals surface area contributed by atoms with E-state index in [9.17, 15) is 4.79 Å². The minimum atomic E-state index is -0.145. The summed E-state index contributed by atoms with van der Waals surface area (Å²) in [4.78, 5) is 13.6. The lowest BCUT2D eigenvalue weighted by Gasteiger charge is -2.02. The number of pyridine rings is 1. The maximum atomic E-state index is 11.1. The fourth-order valence-electron chi connectivity index (χ4n) is 1.29. The minimum absolute atomic E-state index is 0.145. The van der Waals surface area contributed by atoms with Crippen molar-refractivity contribution in [2.45, 2.75) is 0 Å². The Morgan fingerprint density at radius 1 is 1.14 bits per heavy atom. The van der Waals surface area contributed by atoms with Crippen molar-refractivity contribution in [3.05, 3.63) is 58.0 Å². The van der Waals surface area contributed by atoms with Gasteiger partial charge < -0.3 is 4.98 Å². The molecule has 14 heavy (non-hydrogen) atoms. The highest BCUT2D eigenvalue weighted by molar-refractivity contribution is 6.33. The summed E-state index contributed by atoms with van der Waals surface area (Å²) in [6, 6.07) is 11.1. The number of aromatic nitrogens is 1. The molecule has 70 valence electrons. The fraction of sp³-hybridized carbons (Fsp3) is 0. The second-order valence-electron chi connectivity index (χ2n) is 2.92. The SMILES string of the molecule is O=c1cc(-c2ccccc2)c(Cl)c[nH]1. The highest BCUT2D eigenvalue weighted by Gasteiger charge is 2.02.